The van der Waals surface area contributed by atoms with Gasteiger partial charge in [-0.3, -0.25) is 5.10 Å². The Morgan fingerprint density at radius 1 is 1.38 bits per heavy atom. The molecule has 3 rings (SSSR count). The van der Waals surface area contributed by atoms with E-state index in [0.29, 0.717) is 5.92 Å². The topological polar surface area (TPSA) is 64.5 Å². The second kappa shape index (κ2) is 3.62. The van der Waals surface area contributed by atoms with Gasteiger partial charge in [-0.25, -0.2) is 0 Å². The number of rotatable bonds is 1. The number of hydrogen-bond acceptors (Lipinski definition) is 3. The van der Waals surface area contributed by atoms with Gasteiger partial charge in [0.05, 0.1) is 23.7 Å². The zero-order valence-electron chi connectivity index (χ0n) is 8.77. The predicted octanol–water partition coefficient (Wildman–Crippen LogP) is 1.39. The van der Waals surface area contributed by atoms with Crippen molar-refractivity contribution in [2.75, 3.05) is 13.1 Å². The van der Waals surface area contributed by atoms with Gasteiger partial charge >= 0.3 is 0 Å². The molecule has 1 aliphatic heterocycles. The summed E-state index contributed by atoms with van der Waals surface area (Å²) >= 11 is 0. The Labute approximate surface area is 93.3 Å². The highest BCUT2D eigenvalue weighted by Crippen LogP contribution is 2.29. The first-order valence-electron chi connectivity index (χ1n) is 5.42. The van der Waals surface area contributed by atoms with Gasteiger partial charge in [-0.15, -0.1) is 0 Å². The molecular weight excluding hydrogens is 200 g/mol. The lowest BCUT2D eigenvalue weighted by atomic mass is 9.89. The van der Waals surface area contributed by atoms with Crippen LogP contribution in [0, 0.1) is 17.2 Å². The average Bonchev–Trinajstić information content (AvgIpc) is 2.96. The van der Waals surface area contributed by atoms with Crippen molar-refractivity contribution < 1.29 is 0 Å². The van der Waals surface area contributed by atoms with Crippen LogP contribution in [0.25, 0.3) is 10.9 Å². The van der Waals surface area contributed by atoms with Gasteiger partial charge in [0.25, 0.3) is 0 Å². The molecule has 4 nitrogen and oxygen atoms in total. The second-order valence-electron chi connectivity index (χ2n) is 4.22. The molecule has 4 heteroatoms. The Bertz CT molecular complexity index is 551. The van der Waals surface area contributed by atoms with Crippen LogP contribution in [0.1, 0.15) is 11.5 Å². The standard InChI is InChI=1S/C12H12N4/c13-4-10-5-14-7-11(10)8-1-2-9-6-15-16-12(9)3-8/h1-3,6,10-11,14H,5,7H2,(H,15,16)/t10-,11+/m1/s1. The summed E-state index contributed by atoms with van der Waals surface area (Å²) in [6, 6.07) is 8.62. The number of nitrogens with zero attached hydrogens (tertiary/aromatic N) is 2. The molecule has 1 aliphatic rings. The lowest BCUT2D eigenvalue weighted by molar-refractivity contribution is 0.647. The molecule has 1 aromatic carbocycles. The Hall–Kier alpha value is -1.86. The molecule has 2 heterocycles. The SMILES string of the molecule is N#C[C@@H]1CNC[C@H]1c1ccc2cn[nH]c2c1. The van der Waals surface area contributed by atoms with Crippen molar-refractivity contribution in [3.8, 4) is 6.07 Å². The number of nitrogens with one attached hydrogen (secondary N) is 2. The van der Waals surface area contributed by atoms with Gasteiger partial charge in [-0.2, -0.15) is 10.4 Å². The van der Waals surface area contributed by atoms with Crippen molar-refractivity contribution in [1.82, 2.24) is 15.5 Å². The van der Waals surface area contributed by atoms with Crippen LogP contribution in [-0.4, -0.2) is 23.3 Å². The molecular formula is C12H12N4. The predicted molar refractivity (Wildman–Crippen MR) is 60.8 cm³/mol. The van der Waals surface area contributed by atoms with Gasteiger partial charge in [0, 0.05) is 24.4 Å². The summed E-state index contributed by atoms with van der Waals surface area (Å²) in [6.07, 6.45) is 1.81. The highest BCUT2D eigenvalue weighted by molar-refractivity contribution is 5.78. The molecule has 0 unspecified atom stereocenters. The van der Waals surface area contributed by atoms with Crippen LogP contribution in [0.3, 0.4) is 0 Å². The van der Waals surface area contributed by atoms with Gasteiger partial charge in [0.15, 0.2) is 0 Å². The quantitative estimate of drug-likeness (QED) is 0.750. The van der Waals surface area contributed by atoms with Gasteiger partial charge in [-0.1, -0.05) is 12.1 Å². The monoisotopic (exact) mass is 212 g/mol. The van der Waals surface area contributed by atoms with Gasteiger partial charge in [0.1, 0.15) is 0 Å². The van der Waals surface area contributed by atoms with Crippen molar-refractivity contribution in [3.63, 3.8) is 0 Å². The molecule has 1 saturated heterocycles. The summed E-state index contributed by atoms with van der Waals surface area (Å²) in [5.41, 5.74) is 2.26. The number of nitriles is 1. The lowest BCUT2D eigenvalue weighted by Gasteiger charge is -2.12. The van der Waals surface area contributed by atoms with E-state index in [0.717, 1.165) is 24.0 Å². The Kier molecular flexibility index (Phi) is 2.12. The zero-order chi connectivity index (χ0) is 11.0. The summed E-state index contributed by atoms with van der Waals surface area (Å²) < 4.78 is 0. The van der Waals surface area contributed by atoms with Crippen LogP contribution < -0.4 is 5.32 Å². The fraction of sp³-hybridized carbons (Fsp3) is 0.333. The van der Waals surface area contributed by atoms with Crippen molar-refractivity contribution in [2.24, 2.45) is 5.92 Å². The molecule has 0 spiro atoms. The van der Waals surface area contributed by atoms with E-state index >= 15 is 0 Å². The first-order valence-corrected chi connectivity index (χ1v) is 5.42. The molecule has 2 atom stereocenters. The lowest BCUT2D eigenvalue weighted by Crippen LogP contribution is -2.08. The number of H-pyrrole nitrogens is 1. The second-order valence-corrected chi connectivity index (χ2v) is 4.22. The van der Waals surface area contributed by atoms with Crippen LogP contribution in [0.15, 0.2) is 24.4 Å². The number of fused-ring (bicyclic) bond motifs is 1. The fourth-order valence-electron chi connectivity index (χ4n) is 2.35. The highest BCUT2D eigenvalue weighted by atomic mass is 15.1. The van der Waals surface area contributed by atoms with Gasteiger partial charge in [0.2, 0.25) is 0 Å². The van der Waals surface area contributed by atoms with E-state index in [1.807, 2.05) is 6.20 Å². The summed E-state index contributed by atoms with van der Waals surface area (Å²) in [7, 11) is 0. The molecule has 16 heavy (non-hydrogen) atoms. The maximum atomic E-state index is 9.06. The highest BCUT2D eigenvalue weighted by Gasteiger charge is 2.28. The van der Waals surface area contributed by atoms with Crippen molar-refractivity contribution in [3.05, 3.63) is 30.0 Å². The van der Waals surface area contributed by atoms with Crippen LogP contribution in [0.4, 0.5) is 0 Å². The molecule has 0 bridgehead atoms. The molecule has 0 radical (unpaired) electrons. The van der Waals surface area contributed by atoms with Crippen LogP contribution in [0.2, 0.25) is 0 Å². The normalized spacial score (nSPS) is 24.7. The maximum Gasteiger partial charge on any atom is 0.0676 e. The van der Waals surface area contributed by atoms with E-state index in [-0.39, 0.29) is 5.92 Å². The van der Waals surface area contributed by atoms with Crippen molar-refractivity contribution in [2.45, 2.75) is 5.92 Å². The first-order chi connectivity index (χ1) is 7.88. The molecule has 1 fully saturated rings. The molecule has 0 saturated carbocycles. The molecule has 1 aromatic heterocycles. The van der Waals surface area contributed by atoms with Crippen LogP contribution in [-0.2, 0) is 0 Å². The summed E-state index contributed by atoms with van der Waals surface area (Å²) in [5.74, 6) is 0.387. The van der Waals surface area contributed by atoms with E-state index in [1.54, 1.807) is 0 Å². The van der Waals surface area contributed by atoms with E-state index in [4.69, 9.17) is 5.26 Å². The molecule has 2 N–H and O–H groups in total. The number of benzene rings is 1. The molecule has 2 aromatic rings. The largest absolute Gasteiger partial charge is 0.315 e. The third-order valence-corrected chi connectivity index (χ3v) is 3.27. The summed E-state index contributed by atoms with van der Waals surface area (Å²) in [5, 5.41) is 20.4. The van der Waals surface area contributed by atoms with Crippen LogP contribution >= 0.6 is 0 Å². The Morgan fingerprint density at radius 2 is 2.31 bits per heavy atom. The third kappa shape index (κ3) is 1.37. The van der Waals surface area contributed by atoms with E-state index in [9.17, 15) is 0 Å². The van der Waals surface area contributed by atoms with Gasteiger partial charge in [-0.05, 0) is 11.6 Å². The minimum atomic E-state index is 0.0837. The number of hydrogen-bond donors (Lipinski definition) is 2. The van der Waals surface area contributed by atoms with Crippen LogP contribution in [0.5, 0.6) is 0 Å². The van der Waals surface area contributed by atoms with E-state index in [1.165, 1.54) is 5.56 Å². The van der Waals surface area contributed by atoms with E-state index < -0.39 is 0 Å². The van der Waals surface area contributed by atoms with E-state index in [2.05, 4.69) is 39.8 Å². The first kappa shape index (κ1) is 9.37. The number of aromatic nitrogens is 2. The van der Waals surface area contributed by atoms with Crippen molar-refractivity contribution >= 4 is 10.9 Å². The third-order valence-electron chi connectivity index (χ3n) is 3.27. The Balaban J connectivity index is 2.02. The maximum absolute atomic E-state index is 9.06. The van der Waals surface area contributed by atoms with Crippen molar-refractivity contribution in [1.29, 1.82) is 5.26 Å². The molecule has 0 aliphatic carbocycles. The average molecular weight is 212 g/mol. The minimum Gasteiger partial charge on any atom is -0.315 e. The summed E-state index contributed by atoms with van der Waals surface area (Å²) in [4.78, 5) is 0. The fourth-order valence-corrected chi connectivity index (χ4v) is 2.35. The van der Waals surface area contributed by atoms with Gasteiger partial charge < -0.3 is 5.32 Å². The minimum absolute atomic E-state index is 0.0837. The number of aromatic amines is 1. The molecule has 0 amide bonds. The Morgan fingerprint density at radius 3 is 3.19 bits per heavy atom. The molecule has 80 valence electrons. The smallest absolute Gasteiger partial charge is 0.0676 e. The zero-order valence-corrected chi connectivity index (χ0v) is 8.77. The summed E-state index contributed by atoms with van der Waals surface area (Å²) in [6.45, 7) is 1.68.